The molecule has 0 atom stereocenters. The number of hydrogen-bond acceptors (Lipinski definition) is 3. The highest BCUT2D eigenvalue weighted by molar-refractivity contribution is 5.98. The first kappa shape index (κ1) is 20.7. The number of rotatable bonds is 7. The molecule has 0 fully saturated rings. The molecule has 0 saturated heterocycles. The van der Waals surface area contributed by atoms with Gasteiger partial charge in [-0.3, -0.25) is 9.59 Å². The summed E-state index contributed by atoms with van der Waals surface area (Å²) in [6.07, 6.45) is -3.04. The summed E-state index contributed by atoms with van der Waals surface area (Å²) in [5.74, 6) is -0.803. The van der Waals surface area contributed by atoms with E-state index in [1.807, 2.05) is 0 Å². The number of alkyl halides is 3. The Kier molecular flexibility index (Phi) is 6.81. The number of nitrogens with one attached hydrogen (secondary N) is 1. The van der Waals surface area contributed by atoms with Crippen LogP contribution in [0.3, 0.4) is 0 Å². The van der Waals surface area contributed by atoms with E-state index in [0.717, 1.165) is 0 Å². The summed E-state index contributed by atoms with van der Waals surface area (Å²) in [7, 11) is 0. The molecule has 0 spiro atoms. The van der Waals surface area contributed by atoms with Crippen LogP contribution < -0.4 is 10.1 Å². The molecular weight excluding hydrogens is 368 g/mol. The minimum absolute atomic E-state index is 0.102. The maximum Gasteiger partial charge on any atom is 0.405 e. The summed E-state index contributed by atoms with van der Waals surface area (Å²) in [6, 6.07) is 4.78. The Morgan fingerprint density at radius 1 is 1.37 bits per heavy atom. The second kappa shape index (κ2) is 8.88. The Hall–Kier alpha value is -2.58. The van der Waals surface area contributed by atoms with Gasteiger partial charge in [0.25, 0.3) is 5.91 Å². The summed E-state index contributed by atoms with van der Waals surface area (Å²) in [6.45, 7) is 0.246. The van der Waals surface area contributed by atoms with Gasteiger partial charge in [0.1, 0.15) is 18.9 Å². The lowest BCUT2D eigenvalue weighted by Gasteiger charge is -2.28. The summed E-state index contributed by atoms with van der Waals surface area (Å²) < 4.78 is 54.5. The van der Waals surface area contributed by atoms with Crippen LogP contribution in [0.5, 0.6) is 5.75 Å². The van der Waals surface area contributed by atoms with Crippen molar-refractivity contribution in [1.82, 2.24) is 10.2 Å². The summed E-state index contributed by atoms with van der Waals surface area (Å²) in [4.78, 5) is 25.3. The molecular formula is C18H20F4N2O3. The molecule has 1 N–H and O–H groups in total. The van der Waals surface area contributed by atoms with Crippen LogP contribution in [0.4, 0.5) is 17.6 Å². The van der Waals surface area contributed by atoms with E-state index in [2.05, 4.69) is 0 Å². The predicted octanol–water partition coefficient (Wildman–Crippen LogP) is 3.01. The molecule has 0 unspecified atom stereocenters. The molecule has 1 aliphatic heterocycles. The lowest BCUT2D eigenvalue weighted by molar-refractivity contribution is -0.138. The summed E-state index contributed by atoms with van der Waals surface area (Å²) in [5.41, 5.74) is 1.58. The Bertz CT molecular complexity index is 732. The molecule has 1 aliphatic rings. The standard InChI is InChI=1S/C18H20F4N2O3/c1-2-12(8-19)10-27-14-3-4-15-13(7-14)5-6-24(17(15)26)9-16(25)23-11-18(20,21)22/h3-4,7-8H,2,5-6,9-11H2,1H3,(H,23,25)/b12-8-. The largest absolute Gasteiger partial charge is 0.489 e. The molecule has 0 bridgehead atoms. The molecule has 0 aromatic heterocycles. The summed E-state index contributed by atoms with van der Waals surface area (Å²) >= 11 is 0. The van der Waals surface area contributed by atoms with E-state index in [0.29, 0.717) is 41.6 Å². The van der Waals surface area contributed by atoms with Crippen LogP contribution in [0.25, 0.3) is 0 Å². The first-order valence-electron chi connectivity index (χ1n) is 8.40. The van der Waals surface area contributed by atoms with E-state index < -0.39 is 31.1 Å². The van der Waals surface area contributed by atoms with Crippen molar-refractivity contribution >= 4 is 11.8 Å². The van der Waals surface area contributed by atoms with Crippen molar-refractivity contribution in [2.45, 2.75) is 25.9 Å². The topological polar surface area (TPSA) is 58.6 Å². The molecule has 9 heteroatoms. The van der Waals surface area contributed by atoms with E-state index in [4.69, 9.17) is 4.74 Å². The van der Waals surface area contributed by atoms with E-state index in [1.165, 1.54) is 11.0 Å². The van der Waals surface area contributed by atoms with Crippen LogP contribution in [0.2, 0.25) is 0 Å². The normalized spacial score (nSPS) is 14.8. The minimum atomic E-state index is -4.50. The van der Waals surface area contributed by atoms with E-state index in [1.54, 1.807) is 24.4 Å². The van der Waals surface area contributed by atoms with Gasteiger partial charge in [0.05, 0.1) is 12.9 Å². The van der Waals surface area contributed by atoms with Gasteiger partial charge in [-0.2, -0.15) is 13.2 Å². The van der Waals surface area contributed by atoms with Crippen LogP contribution in [0, 0.1) is 0 Å². The minimum Gasteiger partial charge on any atom is -0.489 e. The number of carbonyl (C=O) groups excluding carboxylic acids is 2. The predicted molar refractivity (Wildman–Crippen MR) is 90.1 cm³/mol. The quantitative estimate of drug-likeness (QED) is 0.731. The SMILES string of the molecule is CC/C(=C/F)COc1ccc2c(c1)CCN(CC(=O)NCC(F)(F)F)C2=O. The molecule has 148 valence electrons. The van der Waals surface area contributed by atoms with Crippen molar-refractivity contribution in [2.75, 3.05) is 26.2 Å². The molecule has 5 nitrogen and oxygen atoms in total. The van der Waals surface area contributed by atoms with E-state index in [9.17, 15) is 27.2 Å². The number of amides is 2. The maximum atomic E-state index is 12.6. The number of nitrogens with zero attached hydrogens (tertiary/aromatic N) is 1. The van der Waals surface area contributed by atoms with Gasteiger partial charge in [-0.25, -0.2) is 4.39 Å². The van der Waals surface area contributed by atoms with Crippen molar-refractivity contribution in [3.63, 3.8) is 0 Å². The van der Waals surface area contributed by atoms with Crippen LogP contribution in [0.15, 0.2) is 30.1 Å². The Morgan fingerprint density at radius 3 is 2.74 bits per heavy atom. The van der Waals surface area contributed by atoms with Crippen LogP contribution in [-0.4, -0.2) is 49.1 Å². The van der Waals surface area contributed by atoms with Gasteiger partial charge in [0, 0.05) is 12.1 Å². The molecule has 1 aromatic carbocycles. The molecule has 1 aromatic rings. The molecule has 2 amide bonds. The molecule has 27 heavy (non-hydrogen) atoms. The number of hydrogen-bond donors (Lipinski definition) is 1. The van der Waals surface area contributed by atoms with Gasteiger partial charge in [-0.05, 0) is 42.2 Å². The molecule has 2 rings (SSSR count). The van der Waals surface area contributed by atoms with Crippen molar-refractivity contribution in [3.05, 3.63) is 41.2 Å². The smallest absolute Gasteiger partial charge is 0.405 e. The molecule has 0 aliphatic carbocycles. The van der Waals surface area contributed by atoms with Crippen LogP contribution in [0.1, 0.15) is 29.3 Å². The zero-order chi connectivity index (χ0) is 20.0. The lowest BCUT2D eigenvalue weighted by atomic mass is 9.98. The Labute approximate surface area is 154 Å². The Morgan fingerprint density at radius 2 is 2.11 bits per heavy atom. The highest BCUT2D eigenvalue weighted by Crippen LogP contribution is 2.24. The second-order valence-electron chi connectivity index (χ2n) is 6.10. The average Bonchev–Trinajstić information content (AvgIpc) is 2.62. The molecule has 0 saturated carbocycles. The fourth-order valence-electron chi connectivity index (χ4n) is 2.57. The zero-order valence-corrected chi connectivity index (χ0v) is 14.7. The number of carbonyl (C=O) groups is 2. The fourth-order valence-corrected chi connectivity index (χ4v) is 2.57. The third kappa shape index (κ3) is 5.97. The van der Waals surface area contributed by atoms with Crippen molar-refractivity contribution in [2.24, 2.45) is 0 Å². The highest BCUT2D eigenvalue weighted by Gasteiger charge is 2.30. The number of halogens is 4. The third-order valence-corrected chi connectivity index (χ3v) is 4.10. The van der Waals surface area contributed by atoms with Crippen LogP contribution in [-0.2, 0) is 11.2 Å². The van der Waals surface area contributed by atoms with Gasteiger partial charge in [0.2, 0.25) is 5.91 Å². The number of ether oxygens (including phenoxy) is 1. The van der Waals surface area contributed by atoms with E-state index in [-0.39, 0.29) is 13.2 Å². The summed E-state index contributed by atoms with van der Waals surface area (Å²) in [5, 5.41) is 1.75. The average molecular weight is 388 g/mol. The van der Waals surface area contributed by atoms with E-state index >= 15 is 0 Å². The van der Waals surface area contributed by atoms with Gasteiger partial charge >= 0.3 is 6.18 Å². The molecule has 0 radical (unpaired) electrons. The fraction of sp³-hybridized carbons (Fsp3) is 0.444. The zero-order valence-electron chi connectivity index (χ0n) is 14.7. The van der Waals surface area contributed by atoms with Crippen molar-refractivity contribution in [1.29, 1.82) is 0 Å². The monoisotopic (exact) mass is 388 g/mol. The number of benzene rings is 1. The maximum absolute atomic E-state index is 12.6. The second-order valence-corrected chi connectivity index (χ2v) is 6.10. The number of fused-ring (bicyclic) bond motifs is 1. The van der Waals surface area contributed by atoms with Crippen molar-refractivity contribution in [3.8, 4) is 5.75 Å². The van der Waals surface area contributed by atoms with Gasteiger partial charge in [-0.15, -0.1) is 0 Å². The highest BCUT2D eigenvalue weighted by atomic mass is 19.4. The van der Waals surface area contributed by atoms with Gasteiger partial charge in [0.15, 0.2) is 0 Å². The van der Waals surface area contributed by atoms with Gasteiger partial charge in [-0.1, -0.05) is 6.92 Å². The van der Waals surface area contributed by atoms with Gasteiger partial charge < -0.3 is 15.0 Å². The van der Waals surface area contributed by atoms with Crippen LogP contribution >= 0.6 is 0 Å². The van der Waals surface area contributed by atoms with Crippen molar-refractivity contribution < 1.29 is 31.9 Å². The first-order valence-corrected chi connectivity index (χ1v) is 8.40. The third-order valence-electron chi connectivity index (χ3n) is 4.10. The Balaban J connectivity index is 1.98. The first-order chi connectivity index (χ1) is 12.7. The molecule has 1 heterocycles. The lowest BCUT2D eigenvalue weighted by Crippen LogP contribution is -2.45.